The minimum absolute atomic E-state index is 0.128. The summed E-state index contributed by atoms with van der Waals surface area (Å²) in [6.45, 7) is 6.09. The number of hydrogen-bond acceptors (Lipinski definition) is 2. The summed E-state index contributed by atoms with van der Waals surface area (Å²) in [6.07, 6.45) is 2.88. The normalized spacial score (nSPS) is 18.9. The first kappa shape index (κ1) is 12.3. The van der Waals surface area contributed by atoms with Gasteiger partial charge in [-0.25, -0.2) is 0 Å². The number of benzene rings is 1. The lowest BCUT2D eigenvalue weighted by Gasteiger charge is -2.35. The van der Waals surface area contributed by atoms with Gasteiger partial charge in [-0.2, -0.15) is 0 Å². The van der Waals surface area contributed by atoms with Crippen molar-refractivity contribution in [2.45, 2.75) is 33.1 Å². The van der Waals surface area contributed by atoms with E-state index in [4.69, 9.17) is 0 Å². The highest BCUT2D eigenvalue weighted by Crippen LogP contribution is 2.36. The molecule has 0 saturated carbocycles. The number of hydrogen-bond donors (Lipinski definition) is 1. The summed E-state index contributed by atoms with van der Waals surface area (Å²) in [5.41, 5.74) is 1.89. The Morgan fingerprint density at radius 3 is 2.53 bits per heavy atom. The molecule has 1 heterocycles. The third-order valence-electron chi connectivity index (χ3n) is 4.11. The summed E-state index contributed by atoms with van der Waals surface area (Å²) in [5, 5.41) is 3.34. The van der Waals surface area contributed by atoms with Crippen molar-refractivity contribution in [3.8, 4) is 0 Å². The van der Waals surface area contributed by atoms with E-state index in [1.807, 2.05) is 31.2 Å². The summed E-state index contributed by atoms with van der Waals surface area (Å²) in [5.74, 6) is 0.347. The first-order chi connectivity index (χ1) is 8.19. The standard InChI is InChI=1S/C15H21NO/c1-3-15(8-10-16-11-9-15)14(17)13-7-5-4-6-12(13)2/h4-7,16H,3,8-11H2,1-2H3. The van der Waals surface area contributed by atoms with Crippen LogP contribution < -0.4 is 5.32 Å². The third-order valence-corrected chi connectivity index (χ3v) is 4.11. The Hall–Kier alpha value is -1.15. The zero-order valence-corrected chi connectivity index (χ0v) is 10.8. The van der Waals surface area contributed by atoms with Gasteiger partial charge < -0.3 is 5.32 Å². The molecule has 1 aromatic carbocycles. The zero-order valence-electron chi connectivity index (χ0n) is 10.8. The number of carbonyl (C=O) groups is 1. The number of aryl methyl sites for hydroxylation is 1. The smallest absolute Gasteiger partial charge is 0.169 e. The van der Waals surface area contributed by atoms with Gasteiger partial charge in [-0.3, -0.25) is 4.79 Å². The van der Waals surface area contributed by atoms with Gasteiger partial charge in [0.2, 0.25) is 0 Å². The van der Waals surface area contributed by atoms with Gasteiger partial charge in [0.1, 0.15) is 0 Å². The van der Waals surface area contributed by atoms with E-state index in [9.17, 15) is 4.79 Å². The Balaban J connectivity index is 2.32. The van der Waals surface area contributed by atoms with Crippen LogP contribution in [0.1, 0.15) is 42.1 Å². The van der Waals surface area contributed by atoms with Crippen molar-refractivity contribution >= 4 is 5.78 Å². The maximum Gasteiger partial charge on any atom is 0.169 e. The molecule has 1 aliphatic rings. The Morgan fingerprint density at radius 1 is 1.29 bits per heavy atom. The Kier molecular flexibility index (Phi) is 3.63. The van der Waals surface area contributed by atoms with Gasteiger partial charge in [0, 0.05) is 11.0 Å². The van der Waals surface area contributed by atoms with Crippen LogP contribution in [0.4, 0.5) is 0 Å². The molecule has 2 heteroatoms. The first-order valence-electron chi connectivity index (χ1n) is 6.51. The molecule has 0 aromatic heterocycles. The van der Waals surface area contributed by atoms with Crippen molar-refractivity contribution in [3.05, 3.63) is 35.4 Å². The van der Waals surface area contributed by atoms with Gasteiger partial charge in [0.05, 0.1) is 0 Å². The summed E-state index contributed by atoms with van der Waals surface area (Å²) in [4.78, 5) is 12.7. The fraction of sp³-hybridized carbons (Fsp3) is 0.533. The van der Waals surface area contributed by atoms with Crippen LogP contribution in [0.5, 0.6) is 0 Å². The zero-order chi connectivity index (χ0) is 12.3. The molecule has 1 aromatic rings. The number of piperidine rings is 1. The minimum atomic E-state index is -0.128. The van der Waals surface area contributed by atoms with Gasteiger partial charge in [0.25, 0.3) is 0 Å². The molecule has 1 N–H and O–H groups in total. The van der Waals surface area contributed by atoms with Gasteiger partial charge in [0.15, 0.2) is 5.78 Å². The van der Waals surface area contributed by atoms with Crippen LogP contribution in [-0.2, 0) is 0 Å². The molecule has 1 aliphatic heterocycles. The fourth-order valence-corrected chi connectivity index (χ4v) is 2.76. The van der Waals surface area contributed by atoms with Gasteiger partial charge in [-0.15, -0.1) is 0 Å². The third kappa shape index (κ3) is 2.27. The van der Waals surface area contributed by atoms with E-state index in [0.29, 0.717) is 5.78 Å². The second kappa shape index (κ2) is 5.01. The molecule has 2 rings (SSSR count). The predicted molar refractivity (Wildman–Crippen MR) is 70.3 cm³/mol. The monoisotopic (exact) mass is 231 g/mol. The molecule has 1 saturated heterocycles. The number of rotatable bonds is 3. The predicted octanol–water partition coefficient (Wildman–Crippen LogP) is 2.96. The number of nitrogens with one attached hydrogen (secondary N) is 1. The van der Waals surface area contributed by atoms with E-state index in [0.717, 1.165) is 43.5 Å². The van der Waals surface area contributed by atoms with Crippen LogP contribution in [0, 0.1) is 12.3 Å². The molecule has 17 heavy (non-hydrogen) atoms. The van der Waals surface area contributed by atoms with Crippen LogP contribution in [0.3, 0.4) is 0 Å². The highest BCUT2D eigenvalue weighted by atomic mass is 16.1. The van der Waals surface area contributed by atoms with Crippen molar-refractivity contribution in [1.82, 2.24) is 5.32 Å². The number of ketones is 1. The van der Waals surface area contributed by atoms with E-state index >= 15 is 0 Å². The lowest BCUT2D eigenvalue weighted by molar-refractivity contribution is 0.0717. The van der Waals surface area contributed by atoms with E-state index in [2.05, 4.69) is 12.2 Å². The minimum Gasteiger partial charge on any atom is -0.317 e. The molecule has 92 valence electrons. The van der Waals surface area contributed by atoms with Crippen LogP contribution in [0.2, 0.25) is 0 Å². The van der Waals surface area contributed by atoms with Crippen molar-refractivity contribution < 1.29 is 4.79 Å². The molecule has 0 atom stereocenters. The SMILES string of the molecule is CCC1(C(=O)c2ccccc2C)CCNCC1. The molecule has 0 radical (unpaired) electrons. The highest BCUT2D eigenvalue weighted by molar-refractivity contribution is 6.01. The van der Waals surface area contributed by atoms with Crippen molar-refractivity contribution in [2.24, 2.45) is 5.41 Å². The molecule has 1 fully saturated rings. The maximum atomic E-state index is 12.7. The van der Waals surface area contributed by atoms with Gasteiger partial charge in [-0.05, 0) is 44.8 Å². The quantitative estimate of drug-likeness (QED) is 0.810. The van der Waals surface area contributed by atoms with Crippen LogP contribution in [-0.4, -0.2) is 18.9 Å². The molecule has 0 bridgehead atoms. The van der Waals surface area contributed by atoms with Gasteiger partial charge in [-0.1, -0.05) is 31.2 Å². The summed E-state index contributed by atoms with van der Waals surface area (Å²) < 4.78 is 0. The van der Waals surface area contributed by atoms with Crippen molar-refractivity contribution in [2.75, 3.05) is 13.1 Å². The Labute approximate surface area is 103 Å². The molecule has 0 spiro atoms. The molecule has 0 aliphatic carbocycles. The van der Waals surface area contributed by atoms with E-state index in [1.165, 1.54) is 0 Å². The largest absolute Gasteiger partial charge is 0.317 e. The maximum absolute atomic E-state index is 12.7. The average molecular weight is 231 g/mol. The average Bonchev–Trinajstić information content (AvgIpc) is 2.39. The molecule has 0 unspecified atom stereocenters. The first-order valence-corrected chi connectivity index (χ1v) is 6.51. The molecular formula is C15H21NO. The number of carbonyl (C=O) groups excluding carboxylic acids is 1. The van der Waals surface area contributed by atoms with Gasteiger partial charge >= 0.3 is 0 Å². The summed E-state index contributed by atoms with van der Waals surface area (Å²) >= 11 is 0. The lowest BCUT2D eigenvalue weighted by Crippen LogP contribution is -2.42. The summed E-state index contributed by atoms with van der Waals surface area (Å²) in [7, 11) is 0. The molecule has 0 amide bonds. The van der Waals surface area contributed by atoms with Crippen LogP contribution >= 0.6 is 0 Å². The van der Waals surface area contributed by atoms with Crippen molar-refractivity contribution in [1.29, 1.82) is 0 Å². The Morgan fingerprint density at radius 2 is 1.94 bits per heavy atom. The van der Waals surface area contributed by atoms with Crippen LogP contribution in [0.25, 0.3) is 0 Å². The van der Waals surface area contributed by atoms with E-state index in [1.54, 1.807) is 0 Å². The van der Waals surface area contributed by atoms with Crippen molar-refractivity contribution in [3.63, 3.8) is 0 Å². The topological polar surface area (TPSA) is 29.1 Å². The summed E-state index contributed by atoms with van der Waals surface area (Å²) in [6, 6.07) is 7.95. The molecule has 2 nitrogen and oxygen atoms in total. The fourth-order valence-electron chi connectivity index (χ4n) is 2.76. The highest BCUT2D eigenvalue weighted by Gasteiger charge is 2.38. The van der Waals surface area contributed by atoms with Crippen LogP contribution in [0.15, 0.2) is 24.3 Å². The van der Waals surface area contributed by atoms with E-state index < -0.39 is 0 Å². The second-order valence-corrected chi connectivity index (χ2v) is 5.03. The van der Waals surface area contributed by atoms with E-state index in [-0.39, 0.29) is 5.41 Å². The Bertz CT molecular complexity index is 405. The second-order valence-electron chi connectivity index (χ2n) is 5.03. The number of Topliss-reactive ketones (excluding diaryl/α,β-unsaturated/α-hetero) is 1. The molecular weight excluding hydrogens is 210 g/mol. The lowest BCUT2D eigenvalue weighted by atomic mass is 9.71.